The molecular weight excluding hydrogens is 214 g/mol. The molecule has 0 amide bonds. The predicted molar refractivity (Wildman–Crippen MR) is 58.0 cm³/mol. The molecule has 0 radical (unpaired) electrons. The Bertz CT molecular complexity index is 413. The minimum atomic E-state index is -3.13. The van der Waals surface area contributed by atoms with Gasteiger partial charge in [0, 0.05) is 18.6 Å². The average molecular weight is 229 g/mol. The summed E-state index contributed by atoms with van der Waals surface area (Å²) in [6.45, 7) is 2.11. The van der Waals surface area contributed by atoms with Crippen LogP contribution in [0.5, 0.6) is 0 Å². The first-order chi connectivity index (χ1) is 6.95. The Morgan fingerprint density at radius 2 is 1.93 bits per heavy atom. The molecule has 1 unspecified atom stereocenters. The number of sulfone groups is 1. The van der Waals surface area contributed by atoms with Crippen LogP contribution in [0.25, 0.3) is 0 Å². The smallest absolute Gasteiger partial charge is 0.157 e. The van der Waals surface area contributed by atoms with Crippen LogP contribution in [0.4, 0.5) is 0 Å². The van der Waals surface area contributed by atoms with Crippen molar-refractivity contribution in [3.63, 3.8) is 0 Å². The molecule has 0 aliphatic rings. The van der Waals surface area contributed by atoms with E-state index in [2.05, 4.69) is 9.97 Å². The summed E-state index contributed by atoms with van der Waals surface area (Å²) < 4.78 is 22.5. The van der Waals surface area contributed by atoms with E-state index in [1.54, 1.807) is 19.3 Å². The van der Waals surface area contributed by atoms with E-state index in [9.17, 15) is 8.42 Å². The lowest BCUT2D eigenvalue weighted by Crippen LogP contribution is -2.12. The molecule has 2 N–H and O–H groups in total. The number of nitrogens with zero attached hydrogens (tertiary/aromatic N) is 2. The summed E-state index contributed by atoms with van der Waals surface area (Å²) in [6, 6.07) is 0. The Hall–Kier alpha value is -1.01. The molecular formula is C9H15N3O2S. The SMILES string of the molecule is CC(c1ncc(CCN)cn1)S(C)(=O)=O. The largest absolute Gasteiger partial charge is 0.330 e. The highest BCUT2D eigenvalue weighted by atomic mass is 32.2. The second-order valence-electron chi connectivity index (χ2n) is 3.46. The van der Waals surface area contributed by atoms with Gasteiger partial charge in [-0.1, -0.05) is 0 Å². The van der Waals surface area contributed by atoms with E-state index in [-0.39, 0.29) is 0 Å². The molecule has 1 aromatic rings. The van der Waals surface area contributed by atoms with Crippen LogP contribution < -0.4 is 5.73 Å². The highest BCUT2D eigenvalue weighted by molar-refractivity contribution is 7.90. The van der Waals surface area contributed by atoms with Crippen molar-refractivity contribution >= 4 is 9.84 Å². The molecule has 0 aromatic carbocycles. The maximum Gasteiger partial charge on any atom is 0.157 e. The highest BCUT2D eigenvalue weighted by Crippen LogP contribution is 2.16. The van der Waals surface area contributed by atoms with E-state index < -0.39 is 15.1 Å². The third-order valence-electron chi connectivity index (χ3n) is 2.16. The molecule has 0 bridgehead atoms. The number of rotatable bonds is 4. The second-order valence-corrected chi connectivity index (χ2v) is 5.83. The van der Waals surface area contributed by atoms with Crippen LogP contribution in [-0.2, 0) is 16.3 Å². The van der Waals surface area contributed by atoms with Gasteiger partial charge in [0.25, 0.3) is 0 Å². The molecule has 1 atom stereocenters. The fourth-order valence-corrected chi connectivity index (χ4v) is 1.57. The van der Waals surface area contributed by atoms with Gasteiger partial charge in [0.15, 0.2) is 9.84 Å². The quantitative estimate of drug-likeness (QED) is 0.790. The van der Waals surface area contributed by atoms with Gasteiger partial charge in [-0.25, -0.2) is 18.4 Å². The molecule has 0 aliphatic carbocycles. The summed E-state index contributed by atoms with van der Waals surface area (Å²) in [5.41, 5.74) is 6.29. The summed E-state index contributed by atoms with van der Waals surface area (Å²) in [7, 11) is -3.13. The van der Waals surface area contributed by atoms with Crippen molar-refractivity contribution in [1.29, 1.82) is 0 Å². The summed E-state index contributed by atoms with van der Waals surface area (Å²) in [6.07, 6.45) is 5.12. The van der Waals surface area contributed by atoms with Crippen LogP contribution in [0.2, 0.25) is 0 Å². The highest BCUT2D eigenvalue weighted by Gasteiger charge is 2.19. The lowest BCUT2D eigenvalue weighted by atomic mass is 10.2. The van der Waals surface area contributed by atoms with Crippen molar-refractivity contribution in [2.45, 2.75) is 18.6 Å². The molecule has 84 valence electrons. The molecule has 15 heavy (non-hydrogen) atoms. The summed E-state index contributed by atoms with van der Waals surface area (Å²) in [5.74, 6) is 0.332. The van der Waals surface area contributed by atoms with Gasteiger partial charge in [0.05, 0.1) is 0 Å². The number of aromatic nitrogens is 2. The van der Waals surface area contributed by atoms with Crippen LogP contribution in [0.3, 0.4) is 0 Å². The third-order valence-corrected chi connectivity index (χ3v) is 3.66. The van der Waals surface area contributed by atoms with E-state index in [1.165, 1.54) is 6.26 Å². The fourth-order valence-electron chi connectivity index (χ4n) is 1.06. The topological polar surface area (TPSA) is 85.9 Å². The van der Waals surface area contributed by atoms with Gasteiger partial charge in [-0.05, 0) is 25.5 Å². The van der Waals surface area contributed by atoms with Crippen molar-refractivity contribution in [2.75, 3.05) is 12.8 Å². The Kier molecular flexibility index (Phi) is 3.76. The Labute approximate surface area is 89.7 Å². The van der Waals surface area contributed by atoms with Crippen molar-refractivity contribution in [2.24, 2.45) is 5.73 Å². The zero-order valence-corrected chi connectivity index (χ0v) is 9.66. The maximum atomic E-state index is 11.2. The summed E-state index contributed by atoms with van der Waals surface area (Å²) in [4.78, 5) is 8.04. The second kappa shape index (κ2) is 4.67. The van der Waals surface area contributed by atoms with Gasteiger partial charge < -0.3 is 5.73 Å². The normalized spacial score (nSPS) is 13.8. The molecule has 1 rings (SSSR count). The van der Waals surface area contributed by atoms with Gasteiger partial charge in [-0.3, -0.25) is 0 Å². The maximum absolute atomic E-state index is 11.2. The molecule has 0 spiro atoms. The van der Waals surface area contributed by atoms with Crippen LogP contribution in [-0.4, -0.2) is 31.2 Å². The van der Waals surface area contributed by atoms with Gasteiger partial charge in [0.2, 0.25) is 0 Å². The first kappa shape index (κ1) is 12.1. The first-order valence-corrected chi connectivity index (χ1v) is 6.60. The molecule has 0 saturated heterocycles. The van der Waals surface area contributed by atoms with Crippen molar-refractivity contribution in [3.8, 4) is 0 Å². The Morgan fingerprint density at radius 3 is 2.33 bits per heavy atom. The van der Waals surface area contributed by atoms with E-state index >= 15 is 0 Å². The van der Waals surface area contributed by atoms with Crippen molar-refractivity contribution < 1.29 is 8.42 Å². The molecule has 5 nitrogen and oxygen atoms in total. The monoisotopic (exact) mass is 229 g/mol. The molecule has 1 aromatic heterocycles. The average Bonchev–Trinajstić information content (AvgIpc) is 2.17. The standard InChI is InChI=1S/C9H15N3O2S/c1-7(15(2,13)14)9-11-5-8(3-4-10)6-12-9/h5-7H,3-4,10H2,1-2H3. The molecule has 0 fully saturated rings. The van der Waals surface area contributed by atoms with E-state index in [4.69, 9.17) is 5.73 Å². The number of nitrogens with two attached hydrogens (primary N) is 1. The van der Waals surface area contributed by atoms with E-state index in [0.29, 0.717) is 18.8 Å². The van der Waals surface area contributed by atoms with Crippen LogP contribution in [0.15, 0.2) is 12.4 Å². The zero-order valence-electron chi connectivity index (χ0n) is 8.84. The Balaban J connectivity index is 2.89. The summed E-state index contributed by atoms with van der Waals surface area (Å²) in [5, 5.41) is -0.663. The van der Waals surface area contributed by atoms with Gasteiger partial charge in [0.1, 0.15) is 11.1 Å². The van der Waals surface area contributed by atoms with Crippen LogP contribution in [0.1, 0.15) is 23.6 Å². The van der Waals surface area contributed by atoms with E-state index in [0.717, 1.165) is 5.56 Å². The number of hydrogen-bond donors (Lipinski definition) is 1. The minimum Gasteiger partial charge on any atom is -0.330 e. The van der Waals surface area contributed by atoms with Gasteiger partial charge >= 0.3 is 0 Å². The van der Waals surface area contributed by atoms with Crippen LogP contribution in [0, 0.1) is 0 Å². The first-order valence-electron chi connectivity index (χ1n) is 4.65. The fraction of sp³-hybridized carbons (Fsp3) is 0.556. The molecule has 0 aliphatic heterocycles. The van der Waals surface area contributed by atoms with Gasteiger partial charge in [-0.2, -0.15) is 0 Å². The summed E-state index contributed by atoms with van der Waals surface area (Å²) >= 11 is 0. The lowest BCUT2D eigenvalue weighted by molar-refractivity contribution is 0.589. The van der Waals surface area contributed by atoms with Crippen molar-refractivity contribution in [3.05, 3.63) is 23.8 Å². The van der Waals surface area contributed by atoms with E-state index in [1.807, 2.05) is 0 Å². The number of hydrogen-bond acceptors (Lipinski definition) is 5. The van der Waals surface area contributed by atoms with Crippen LogP contribution >= 0.6 is 0 Å². The third kappa shape index (κ3) is 3.24. The van der Waals surface area contributed by atoms with Crippen molar-refractivity contribution in [1.82, 2.24) is 9.97 Å². The zero-order chi connectivity index (χ0) is 11.5. The molecule has 6 heteroatoms. The van der Waals surface area contributed by atoms with Gasteiger partial charge in [-0.15, -0.1) is 0 Å². The molecule has 1 heterocycles. The molecule has 0 saturated carbocycles. The lowest BCUT2D eigenvalue weighted by Gasteiger charge is -2.07. The Morgan fingerprint density at radius 1 is 1.40 bits per heavy atom. The predicted octanol–water partition coefficient (Wildman–Crippen LogP) is 0.0834. The minimum absolute atomic E-state index is 0.332.